The van der Waals surface area contributed by atoms with E-state index in [0.717, 1.165) is 22.4 Å². The lowest BCUT2D eigenvalue weighted by molar-refractivity contribution is 0.688. The maximum Gasteiger partial charge on any atom is 0.0786 e. The number of hydrogen-bond donors (Lipinski definition) is 1. The molecule has 0 unspecified atom stereocenters. The maximum absolute atomic E-state index is 9.05. The molecular weight excluding hydrogens is 172 g/mol. The molecule has 2 heteroatoms. The quantitative estimate of drug-likeness (QED) is 0.689. The van der Waals surface area contributed by atoms with Crippen LogP contribution in [0.25, 0.3) is 0 Å². The fourth-order valence-electron chi connectivity index (χ4n) is 1.56. The van der Waals surface area contributed by atoms with E-state index in [2.05, 4.69) is 6.07 Å². The van der Waals surface area contributed by atoms with Gasteiger partial charge in [-0.2, -0.15) is 5.26 Å². The molecule has 0 aromatic heterocycles. The van der Waals surface area contributed by atoms with E-state index in [4.69, 9.17) is 11.0 Å². The van der Waals surface area contributed by atoms with Crippen molar-refractivity contribution in [1.82, 2.24) is 0 Å². The third-order valence-electron chi connectivity index (χ3n) is 2.48. The van der Waals surface area contributed by atoms with Crippen LogP contribution in [-0.2, 0) is 5.41 Å². The predicted molar refractivity (Wildman–Crippen MR) is 59.0 cm³/mol. The Kier molecular flexibility index (Phi) is 2.53. The van der Waals surface area contributed by atoms with Crippen molar-refractivity contribution in [3.63, 3.8) is 0 Å². The number of aryl methyl sites for hydroxylation is 2. The zero-order valence-corrected chi connectivity index (χ0v) is 9.18. The SMILES string of the molecule is Cc1cc(C)c(N)c(C(C)(C)C#N)c1. The Labute approximate surface area is 85.4 Å². The first-order chi connectivity index (χ1) is 6.38. The molecule has 0 bridgehead atoms. The first-order valence-electron chi connectivity index (χ1n) is 4.67. The van der Waals surface area contributed by atoms with Crippen LogP contribution in [0.3, 0.4) is 0 Å². The first kappa shape index (κ1) is 10.6. The van der Waals surface area contributed by atoms with E-state index < -0.39 is 5.41 Å². The Morgan fingerprint density at radius 3 is 2.36 bits per heavy atom. The van der Waals surface area contributed by atoms with Gasteiger partial charge in [0.1, 0.15) is 0 Å². The van der Waals surface area contributed by atoms with Crippen molar-refractivity contribution in [3.8, 4) is 6.07 Å². The van der Waals surface area contributed by atoms with Crippen LogP contribution in [0.1, 0.15) is 30.5 Å². The highest BCUT2D eigenvalue weighted by Gasteiger charge is 2.23. The van der Waals surface area contributed by atoms with Gasteiger partial charge in [0.2, 0.25) is 0 Å². The Bertz CT molecular complexity index is 398. The molecule has 1 rings (SSSR count). The van der Waals surface area contributed by atoms with E-state index in [1.807, 2.05) is 39.8 Å². The summed E-state index contributed by atoms with van der Waals surface area (Å²) in [6, 6.07) is 6.30. The molecule has 0 fully saturated rings. The van der Waals surface area contributed by atoms with E-state index >= 15 is 0 Å². The summed E-state index contributed by atoms with van der Waals surface area (Å²) < 4.78 is 0. The van der Waals surface area contributed by atoms with Crippen molar-refractivity contribution in [2.75, 3.05) is 5.73 Å². The zero-order chi connectivity index (χ0) is 10.9. The average Bonchev–Trinajstić information content (AvgIpc) is 2.11. The van der Waals surface area contributed by atoms with E-state index in [9.17, 15) is 0 Å². The lowest BCUT2D eigenvalue weighted by atomic mass is 9.83. The number of rotatable bonds is 1. The van der Waals surface area contributed by atoms with Gasteiger partial charge in [0.15, 0.2) is 0 Å². The van der Waals surface area contributed by atoms with Crippen LogP contribution in [0.5, 0.6) is 0 Å². The molecule has 0 radical (unpaired) electrons. The molecule has 14 heavy (non-hydrogen) atoms. The highest BCUT2D eigenvalue weighted by Crippen LogP contribution is 2.30. The van der Waals surface area contributed by atoms with E-state index in [1.54, 1.807) is 0 Å². The molecule has 0 aliphatic rings. The Balaban J connectivity index is 3.44. The Morgan fingerprint density at radius 1 is 1.29 bits per heavy atom. The summed E-state index contributed by atoms with van der Waals surface area (Å²) in [5.41, 5.74) is 9.31. The highest BCUT2D eigenvalue weighted by molar-refractivity contribution is 5.59. The summed E-state index contributed by atoms with van der Waals surface area (Å²) in [6.45, 7) is 7.76. The summed E-state index contributed by atoms with van der Waals surface area (Å²) in [5, 5.41) is 9.05. The fraction of sp³-hybridized carbons (Fsp3) is 0.417. The van der Waals surface area contributed by atoms with Gasteiger partial charge >= 0.3 is 0 Å². The number of nitrogens with zero attached hydrogens (tertiary/aromatic N) is 1. The van der Waals surface area contributed by atoms with Crippen molar-refractivity contribution in [1.29, 1.82) is 5.26 Å². The van der Waals surface area contributed by atoms with E-state index in [-0.39, 0.29) is 0 Å². The molecule has 2 nitrogen and oxygen atoms in total. The number of benzene rings is 1. The number of nitrogen functional groups attached to an aromatic ring is 1. The van der Waals surface area contributed by atoms with Gasteiger partial charge in [-0.15, -0.1) is 0 Å². The second-order valence-electron chi connectivity index (χ2n) is 4.28. The molecule has 0 aliphatic heterocycles. The Hall–Kier alpha value is -1.49. The van der Waals surface area contributed by atoms with Crippen molar-refractivity contribution in [2.24, 2.45) is 0 Å². The van der Waals surface area contributed by atoms with Crippen molar-refractivity contribution < 1.29 is 0 Å². The van der Waals surface area contributed by atoms with Crippen LogP contribution in [-0.4, -0.2) is 0 Å². The van der Waals surface area contributed by atoms with Crippen LogP contribution in [0.2, 0.25) is 0 Å². The summed E-state index contributed by atoms with van der Waals surface area (Å²) in [6.07, 6.45) is 0. The van der Waals surface area contributed by atoms with Gasteiger partial charge in [-0.1, -0.05) is 17.7 Å². The summed E-state index contributed by atoms with van der Waals surface area (Å²) in [5.74, 6) is 0. The van der Waals surface area contributed by atoms with Gasteiger partial charge in [-0.25, -0.2) is 0 Å². The van der Waals surface area contributed by atoms with Crippen molar-refractivity contribution >= 4 is 5.69 Å². The summed E-state index contributed by atoms with van der Waals surface area (Å²) >= 11 is 0. The van der Waals surface area contributed by atoms with Crippen LogP contribution in [0, 0.1) is 25.2 Å². The third kappa shape index (κ3) is 1.72. The molecule has 0 atom stereocenters. The largest absolute Gasteiger partial charge is 0.398 e. The van der Waals surface area contributed by atoms with Crippen LogP contribution in [0.4, 0.5) is 5.69 Å². The molecule has 0 heterocycles. The lowest BCUT2D eigenvalue weighted by Gasteiger charge is -2.20. The molecule has 0 saturated carbocycles. The molecule has 74 valence electrons. The molecule has 0 aliphatic carbocycles. The van der Waals surface area contributed by atoms with Gasteiger partial charge in [0.25, 0.3) is 0 Å². The molecule has 1 aromatic rings. The molecule has 2 N–H and O–H groups in total. The smallest absolute Gasteiger partial charge is 0.0786 e. The maximum atomic E-state index is 9.05. The van der Waals surface area contributed by atoms with E-state index in [0.29, 0.717) is 0 Å². The minimum Gasteiger partial charge on any atom is -0.398 e. The first-order valence-corrected chi connectivity index (χ1v) is 4.67. The summed E-state index contributed by atoms with van der Waals surface area (Å²) in [7, 11) is 0. The van der Waals surface area contributed by atoms with Gasteiger partial charge in [0, 0.05) is 5.69 Å². The number of nitrogens with two attached hydrogens (primary N) is 1. The highest BCUT2D eigenvalue weighted by atomic mass is 14.6. The van der Waals surface area contributed by atoms with Crippen LogP contribution >= 0.6 is 0 Å². The molecular formula is C12H16N2. The number of nitriles is 1. The minimum atomic E-state index is -0.513. The second kappa shape index (κ2) is 3.34. The molecule has 1 aromatic carbocycles. The van der Waals surface area contributed by atoms with Gasteiger partial charge in [-0.3, -0.25) is 0 Å². The average molecular weight is 188 g/mol. The van der Waals surface area contributed by atoms with Crippen molar-refractivity contribution in [2.45, 2.75) is 33.1 Å². The molecule has 0 saturated heterocycles. The lowest BCUT2D eigenvalue weighted by Crippen LogP contribution is -2.17. The fourth-order valence-corrected chi connectivity index (χ4v) is 1.56. The van der Waals surface area contributed by atoms with E-state index in [1.165, 1.54) is 0 Å². The monoisotopic (exact) mass is 188 g/mol. The van der Waals surface area contributed by atoms with Gasteiger partial charge in [-0.05, 0) is 38.8 Å². The number of hydrogen-bond acceptors (Lipinski definition) is 2. The molecule has 0 spiro atoms. The topological polar surface area (TPSA) is 49.8 Å². The second-order valence-corrected chi connectivity index (χ2v) is 4.28. The Morgan fingerprint density at radius 2 is 1.86 bits per heavy atom. The van der Waals surface area contributed by atoms with Crippen LogP contribution < -0.4 is 5.73 Å². The number of anilines is 1. The standard InChI is InChI=1S/C12H16N2/c1-8-5-9(2)11(14)10(6-8)12(3,4)7-13/h5-6H,14H2,1-4H3. The van der Waals surface area contributed by atoms with Gasteiger partial charge in [0.05, 0.1) is 11.5 Å². The third-order valence-corrected chi connectivity index (χ3v) is 2.48. The normalized spacial score (nSPS) is 11.1. The zero-order valence-electron chi connectivity index (χ0n) is 9.18. The minimum absolute atomic E-state index is 0.513. The molecule has 0 amide bonds. The van der Waals surface area contributed by atoms with Gasteiger partial charge < -0.3 is 5.73 Å². The van der Waals surface area contributed by atoms with Crippen LogP contribution in [0.15, 0.2) is 12.1 Å². The predicted octanol–water partition coefficient (Wildman–Crippen LogP) is 2.69. The van der Waals surface area contributed by atoms with Crippen molar-refractivity contribution in [3.05, 3.63) is 28.8 Å². The summed E-state index contributed by atoms with van der Waals surface area (Å²) in [4.78, 5) is 0.